The summed E-state index contributed by atoms with van der Waals surface area (Å²) in [5, 5.41) is 4.47. The fraction of sp³-hybridized carbons (Fsp3) is 0.429. The van der Waals surface area contributed by atoms with Gasteiger partial charge in [-0.05, 0) is 62.6 Å². The van der Waals surface area contributed by atoms with Gasteiger partial charge in [-0.2, -0.15) is 5.10 Å². The molecule has 8 nitrogen and oxygen atoms in total. The van der Waals surface area contributed by atoms with Crippen molar-refractivity contribution in [2.75, 3.05) is 26.2 Å². The van der Waals surface area contributed by atoms with E-state index in [0.29, 0.717) is 18.2 Å². The molecule has 6 rings (SSSR count). The fourth-order valence-corrected chi connectivity index (χ4v) is 5.34. The number of pyridine rings is 1. The number of aryl methyl sites for hydroxylation is 2. The lowest BCUT2D eigenvalue weighted by Crippen LogP contribution is -2.49. The zero-order chi connectivity index (χ0) is 24.8. The quantitative estimate of drug-likeness (QED) is 0.450. The molecular formula is C28H33N7O. The molecule has 186 valence electrons. The summed E-state index contributed by atoms with van der Waals surface area (Å²) in [5.41, 5.74) is 7.45. The summed E-state index contributed by atoms with van der Waals surface area (Å²) in [7, 11) is 1.97. The topological polar surface area (TPSA) is 82.9 Å². The number of piperazine rings is 1. The number of rotatable bonds is 6. The van der Waals surface area contributed by atoms with Crippen molar-refractivity contribution in [3.63, 3.8) is 0 Å². The maximum atomic E-state index is 12.4. The number of aromatic amines is 1. The zero-order valence-corrected chi connectivity index (χ0v) is 21.2. The minimum Gasteiger partial charge on any atom is -0.342 e. The van der Waals surface area contributed by atoms with E-state index in [1.54, 1.807) is 0 Å². The molecule has 0 spiro atoms. The summed E-state index contributed by atoms with van der Waals surface area (Å²) in [5.74, 6) is 1.58. The molecule has 1 aliphatic carbocycles. The Balaban J connectivity index is 1.14. The van der Waals surface area contributed by atoms with Crippen molar-refractivity contribution in [1.82, 2.24) is 34.5 Å². The largest absolute Gasteiger partial charge is 0.342 e. The first-order valence-corrected chi connectivity index (χ1v) is 12.9. The van der Waals surface area contributed by atoms with Crippen molar-refractivity contribution < 1.29 is 4.79 Å². The van der Waals surface area contributed by atoms with Gasteiger partial charge < -0.3 is 9.88 Å². The number of fused-ring (bicyclic) bond motifs is 1. The molecule has 1 N–H and O–H groups in total. The fourth-order valence-electron chi connectivity index (χ4n) is 5.34. The number of carbonyl (C=O) groups is 1. The molecule has 2 fully saturated rings. The van der Waals surface area contributed by atoms with Crippen molar-refractivity contribution in [3.05, 3.63) is 65.4 Å². The van der Waals surface area contributed by atoms with Gasteiger partial charge >= 0.3 is 0 Å². The van der Waals surface area contributed by atoms with E-state index in [4.69, 9.17) is 4.98 Å². The highest BCUT2D eigenvalue weighted by Gasteiger charge is 2.35. The second-order valence-corrected chi connectivity index (χ2v) is 10.3. The van der Waals surface area contributed by atoms with Crippen LogP contribution in [0.4, 0.5) is 0 Å². The van der Waals surface area contributed by atoms with E-state index in [-0.39, 0.29) is 6.04 Å². The molecule has 2 aliphatic rings. The highest BCUT2D eigenvalue weighted by molar-refractivity contribution is 5.82. The van der Waals surface area contributed by atoms with Gasteiger partial charge in [0, 0.05) is 69.1 Å². The average Bonchev–Trinajstić information content (AvgIpc) is 3.57. The van der Waals surface area contributed by atoms with Gasteiger partial charge in [0.2, 0.25) is 5.91 Å². The van der Waals surface area contributed by atoms with Crippen LogP contribution in [0.15, 0.2) is 42.6 Å². The summed E-state index contributed by atoms with van der Waals surface area (Å²) in [6, 6.07) is 13.0. The molecule has 4 heterocycles. The third-order valence-corrected chi connectivity index (χ3v) is 7.60. The van der Waals surface area contributed by atoms with E-state index in [1.807, 2.05) is 24.9 Å². The van der Waals surface area contributed by atoms with Crippen LogP contribution in [0.25, 0.3) is 22.3 Å². The second kappa shape index (κ2) is 9.17. The molecule has 1 amide bonds. The number of imidazole rings is 1. The van der Waals surface area contributed by atoms with E-state index in [0.717, 1.165) is 78.5 Å². The lowest BCUT2D eigenvalue weighted by molar-refractivity contribution is -0.134. The average molecular weight is 484 g/mol. The Morgan fingerprint density at radius 3 is 2.64 bits per heavy atom. The predicted molar refractivity (Wildman–Crippen MR) is 139 cm³/mol. The van der Waals surface area contributed by atoms with Crippen molar-refractivity contribution in [1.29, 1.82) is 0 Å². The van der Waals surface area contributed by atoms with Crippen LogP contribution >= 0.6 is 0 Å². The molecule has 36 heavy (non-hydrogen) atoms. The number of benzene rings is 1. The highest BCUT2D eigenvalue weighted by atomic mass is 16.2. The molecule has 1 saturated heterocycles. The van der Waals surface area contributed by atoms with E-state index in [1.165, 1.54) is 5.56 Å². The van der Waals surface area contributed by atoms with Crippen molar-refractivity contribution >= 4 is 16.9 Å². The summed E-state index contributed by atoms with van der Waals surface area (Å²) in [6.07, 6.45) is 4.70. The van der Waals surface area contributed by atoms with Gasteiger partial charge in [-0.25, -0.2) is 4.98 Å². The smallest absolute Gasteiger partial charge is 0.225 e. The molecule has 1 saturated carbocycles. The number of nitrogens with one attached hydrogen (secondary N) is 1. The van der Waals surface area contributed by atoms with Crippen LogP contribution < -0.4 is 0 Å². The minimum atomic E-state index is 0.283. The van der Waals surface area contributed by atoms with Crippen LogP contribution in [0.5, 0.6) is 0 Å². The van der Waals surface area contributed by atoms with Crippen LogP contribution in [0.1, 0.15) is 48.6 Å². The molecule has 8 heteroatoms. The summed E-state index contributed by atoms with van der Waals surface area (Å²) < 4.78 is 1.91. The molecule has 0 bridgehead atoms. The Labute approximate surface area is 211 Å². The summed E-state index contributed by atoms with van der Waals surface area (Å²) >= 11 is 0. The Morgan fingerprint density at radius 2 is 1.92 bits per heavy atom. The minimum absolute atomic E-state index is 0.283. The van der Waals surface area contributed by atoms with Crippen molar-refractivity contribution in [3.8, 4) is 11.3 Å². The monoisotopic (exact) mass is 483 g/mol. The van der Waals surface area contributed by atoms with Gasteiger partial charge in [0.25, 0.3) is 0 Å². The molecule has 1 unspecified atom stereocenters. The van der Waals surface area contributed by atoms with Gasteiger partial charge in [0.15, 0.2) is 0 Å². The standard InChI is InChI=1S/C28H33N7O/c1-18-14-26(33(3)32-18)22-6-7-24-25(16-22)31-27(30-24)17-23-15-21(8-9-29-23)19(2)34-10-12-35(13-11-34)28(36)20-4-5-20/h6-9,14-16,19-20H,4-5,10-13,17H2,1-3H3,(H,30,31). The molecular weight excluding hydrogens is 450 g/mol. The zero-order valence-electron chi connectivity index (χ0n) is 21.2. The van der Waals surface area contributed by atoms with Crippen molar-refractivity contribution in [2.45, 2.75) is 39.2 Å². The highest BCUT2D eigenvalue weighted by Crippen LogP contribution is 2.32. The second-order valence-electron chi connectivity index (χ2n) is 10.3. The molecule has 0 radical (unpaired) electrons. The SMILES string of the molecule is Cc1cc(-c2ccc3nc(Cc4cc(C(C)N5CCN(C(=O)C6CC6)CC5)ccn4)[nH]c3c2)n(C)n1. The number of H-pyrrole nitrogens is 1. The van der Waals surface area contributed by atoms with Crippen LogP contribution in [-0.4, -0.2) is 66.6 Å². The van der Waals surface area contributed by atoms with Crippen LogP contribution in [0.2, 0.25) is 0 Å². The summed E-state index contributed by atoms with van der Waals surface area (Å²) in [6.45, 7) is 7.75. The van der Waals surface area contributed by atoms with Gasteiger partial charge in [-0.3, -0.25) is 19.4 Å². The van der Waals surface area contributed by atoms with E-state index >= 15 is 0 Å². The lowest BCUT2D eigenvalue weighted by atomic mass is 10.1. The first kappa shape index (κ1) is 22.9. The van der Waals surface area contributed by atoms with Crippen molar-refractivity contribution in [2.24, 2.45) is 13.0 Å². The van der Waals surface area contributed by atoms with Crippen LogP contribution in [0, 0.1) is 12.8 Å². The first-order chi connectivity index (χ1) is 17.4. The van der Waals surface area contributed by atoms with Gasteiger partial charge in [-0.1, -0.05) is 6.07 Å². The Hall–Kier alpha value is -3.52. The normalized spacial score (nSPS) is 17.6. The van der Waals surface area contributed by atoms with Gasteiger partial charge in [0.1, 0.15) is 5.82 Å². The van der Waals surface area contributed by atoms with Gasteiger partial charge in [0.05, 0.1) is 22.4 Å². The van der Waals surface area contributed by atoms with E-state index in [2.05, 4.69) is 68.2 Å². The number of hydrogen-bond donors (Lipinski definition) is 1. The first-order valence-electron chi connectivity index (χ1n) is 12.9. The lowest BCUT2D eigenvalue weighted by Gasteiger charge is -2.38. The number of amides is 1. The Bertz CT molecular complexity index is 1410. The predicted octanol–water partition coefficient (Wildman–Crippen LogP) is 3.87. The number of hydrogen-bond acceptors (Lipinski definition) is 5. The molecule has 1 atom stereocenters. The van der Waals surface area contributed by atoms with Crippen LogP contribution in [-0.2, 0) is 18.3 Å². The number of aromatic nitrogens is 5. The van der Waals surface area contributed by atoms with Crippen LogP contribution in [0.3, 0.4) is 0 Å². The van der Waals surface area contributed by atoms with Gasteiger partial charge in [-0.15, -0.1) is 0 Å². The summed E-state index contributed by atoms with van der Waals surface area (Å²) in [4.78, 5) is 29.8. The van der Waals surface area contributed by atoms with E-state index < -0.39 is 0 Å². The van der Waals surface area contributed by atoms with E-state index in [9.17, 15) is 4.79 Å². The third kappa shape index (κ3) is 4.53. The number of nitrogens with zero attached hydrogens (tertiary/aromatic N) is 6. The maximum Gasteiger partial charge on any atom is 0.225 e. The Kier molecular flexibility index (Phi) is 5.84. The third-order valence-electron chi connectivity index (χ3n) is 7.60. The molecule has 1 aromatic carbocycles. The molecule has 1 aliphatic heterocycles. The maximum absolute atomic E-state index is 12.4. The molecule has 3 aromatic heterocycles. The molecule has 4 aromatic rings. The Morgan fingerprint density at radius 1 is 1.11 bits per heavy atom. The number of carbonyl (C=O) groups excluding carboxylic acids is 1.